The van der Waals surface area contributed by atoms with Crippen molar-refractivity contribution in [2.45, 2.75) is 76.4 Å². The maximum absolute atomic E-state index is 6.63. The van der Waals surface area contributed by atoms with E-state index in [2.05, 4.69) is 39.3 Å². The van der Waals surface area contributed by atoms with Gasteiger partial charge in [-0.2, -0.15) is 0 Å². The molecule has 2 saturated heterocycles. The zero-order valence-corrected chi connectivity index (χ0v) is 21.0. The molecular formula is C18H39O6Si3+. The smallest absolute Gasteiger partial charge is 0.311 e. The summed E-state index contributed by atoms with van der Waals surface area (Å²) in [6.07, 6.45) is 2.67. The maximum atomic E-state index is 6.63. The molecular weight excluding hydrogens is 396 g/mol. The second kappa shape index (κ2) is 10.4. The fourth-order valence-electron chi connectivity index (χ4n) is 3.37. The molecule has 2 fully saturated rings. The van der Waals surface area contributed by atoms with E-state index >= 15 is 0 Å². The molecule has 2 rings (SSSR count). The molecule has 0 bridgehead atoms. The number of hydrogen-bond donors (Lipinski definition) is 0. The van der Waals surface area contributed by atoms with Gasteiger partial charge < -0.3 is 22.4 Å². The molecule has 0 aromatic rings. The van der Waals surface area contributed by atoms with Crippen LogP contribution < -0.4 is 0 Å². The van der Waals surface area contributed by atoms with Crippen LogP contribution in [0.4, 0.5) is 0 Å². The summed E-state index contributed by atoms with van der Waals surface area (Å²) in [6, 6.07) is 2.20. The fourth-order valence-corrected chi connectivity index (χ4v) is 17.4. The van der Waals surface area contributed by atoms with E-state index in [1.54, 1.807) is 0 Å². The first-order valence-electron chi connectivity index (χ1n) is 10.2. The van der Waals surface area contributed by atoms with E-state index in [0.29, 0.717) is 12.7 Å². The molecule has 0 aromatic carbocycles. The molecule has 27 heavy (non-hydrogen) atoms. The molecule has 2 aliphatic heterocycles. The fraction of sp³-hybridized carbons (Fsp3) is 0.944. The molecule has 0 saturated carbocycles. The van der Waals surface area contributed by atoms with Crippen LogP contribution in [-0.4, -0.2) is 70.4 Å². The molecule has 6 nitrogen and oxygen atoms in total. The van der Waals surface area contributed by atoms with Crippen LogP contribution in [0.5, 0.6) is 0 Å². The van der Waals surface area contributed by atoms with E-state index in [-0.39, 0.29) is 6.10 Å². The van der Waals surface area contributed by atoms with E-state index in [9.17, 15) is 0 Å². The summed E-state index contributed by atoms with van der Waals surface area (Å²) in [5, 5.41) is 0. The van der Waals surface area contributed by atoms with Crippen molar-refractivity contribution in [2.75, 3.05) is 33.0 Å². The first-order chi connectivity index (χ1) is 12.6. The Labute approximate surface area is 168 Å². The molecule has 158 valence electrons. The van der Waals surface area contributed by atoms with Crippen molar-refractivity contribution in [2.24, 2.45) is 0 Å². The Bertz CT molecular complexity index is 401. The molecule has 0 amide bonds. The van der Waals surface area contributed by atoms with Crippen molar-refractivity contribution >= 4 is 25.2 Å². The minimum absolute atomic E-state index is 0.228. The van der Waals surface area contributed by atoms with Gasteiger partial charge in [0, 0.05) is 13.2 Å². The van der Waals surface area contributed by atoms with Crippen LogP contribution in [0.2, 0.25) is 51.4 Å². The van der Waals surface area contributed by atoms with Crippen molar-refractivity contribution in [3.8, 4) is 0 Å². The highest BCUT2D eigenvalue weighted by Crippen LogP contribution is 2.26. The summed E-state index contributed by atoms with van der Waals surface area (Å²) in [5.74, 6) is 0. The Morgan fingerprint density at radius 1 is 0.852 bits per heavy atom. The lowest BCUT2D eigenvalue weighted by atomic mass is 10.5. The highest BCUT2D eigenvalue weighted by molar-refractivity contribution is 6.87. The first kappa shape index (κ1) is 23.6. The SMILES string of the molecule is C[Si](C)(CCCOCC1[CH+]O1)O[Si](C)(C)O[Si](C)(C)CCCOCC1CO1. The van der Waals surface area contributed by atoms with E-state index in [1.165, 1.54) is 0 Å². The third kappa shape index (κ3) is 11.8. The normalized spacial score (nSPS) is 22.6. The van der Waals surface area contributed by atoms with Crippen LogP contribution >= 0.6 is 0 Å². The Balaban J connectivity index is 1.60. The van der Waals surface area contributed by atoms with Gasteiger partial charge in [0.1, 0.15) is 12.7 Å². The monoisotopic (exact) mass is 435 g/mol. The molecule has 2 heterocycles. The van der Waals surface area contributed by atoms with Crippen molar-refractivity contribution in [3.05, 3.63) is 6.61 Å². The molecule has 2 aliphatic rings. The number of hydrogen-bond acceptors (Lipinski definition) is 6. The first-order valence-corrected chi connectivity index (χ1v) is 19.3. The van der Waals surface area contributed by atoms with Gasteiger partial charge in [0.05, 0.1) is 13.2 Å². The molecule has 2 atom stereocenters. The third-order valence-corrected chi connectivity index (χ3v) is 16.0. The number of rotatable bonds is 16. The summed E-state index contributed by atoms with van der Waals surface area (Å²) >= 11 is 0. The lowest BCUT2D eigenvalue weighted by Crippen LogP contribution is -2.52. The molecule has 0 aliphatic carbocycles. The summed E-state index contributed by atoms with van der Waals surface area (Å²) in [7, 11) is -5.62. The molecule has 9 heteroatoms. The third-order valence-electron chi connectivity index (χ3n) is 4.50. The Hall–Kier alpha value is 0.281. The Morgan fingerprint density at radius 3 is 1.78 bits per heavy atom. The van der Waals surface area contributed by atoms with Crippen LogP contribution in [0.1, 0.15) is 12.8 Å². The van der Waals surface area contributed by atoms with Gasteiger partial charge in [0.2, 0.25) is 0 Å². The lowest BCUT2D eigenvalue weighted by molar-refractivity contribution is 0.116. The predicted molar refractivity (Wildman–Crippen MR) is 114 cm³/mol. The van der Waals surface area contributed by atoms with Crippen LogP contribution in [0, 0.1) is 6.61 Å². The summed E-state index contributed by atoms with van der Waals surface area (Å²) < 4.78 is 34.7. The van der Waals surface area contributed by atoms with Crippen LogP contribution in [0.15, 0.2) is 0 Å². The average Bonchev–Trinajstić information content (AvgIpc) is 3.39. The second-order valence-corrected chi connectivity index (χ2v) is 21.7. The van der Waals surface area contributed by atoms with Gasteiger partial charge in [-0.3, -0.25) is 0 Å². The topological polar surface area (TPSA) is 62.0 Å². The van der Waals surface area contributed by atoms with Gasteiger partial charge in [-0.05, 0) is 64.2 Å². The van der Waals surface area contributed by atoms with Crippen molar-refractivity contribution in [1.82, 2.24) is 0 Å². The zero-order valence-electron chi connectivity index (χ0n) is 18.0. The number of epoxide rings is 2. The van der Waals surface area contributed by atoms with Crippen LogP contribution in [-0.2, 0) is 27.2 Å². The Kier molecular flexibility index (Phi) is 9.03. The summed E-state index contributed by atoms with van der Waals surface area (Å²) in [6.45, 7) is 19.3. The van der Waals surface area contributed by atoms with Gasteiger partial charge in [-0.1, -0.05) is 0 Å². The van der Waals surface area contributed by atoms with Gasteiger partial charge in [-0.15, -0.1) is 4.74 Å². The van der Waals surface area contributed by atoms with E-state index in [4.69, 9.17) is 27.2 Å². The lowest BCUT2D eigenvalue weighted by Gasteiger charge is -2.38. The predicted octanol–water partition coefficient (Wildman–Crippen LogP) is 3.90. The van der Waals surface area contributed by atoms with Gasteiger partial charge in [0.25, 0.3) is 12.7 Å². The van der Waals surface area contributed by atoms with Gasteiger partial charge in [0.15, 0.2) is 16.6 Å². The summed E-state index contributed by atoms with van der Waals surface area (Å²) in [4.78, 5) is 0. The molecule has 0 N–H and O–H groups in total. The van der Waals surface area contributed by atoms with Crippen molar-refractivity contribution < 1.29 is 27.2 Å². The van der Waals surface area contributed by atoms with Gasteiger partial charge in [-0.25, -0.2) is 0 Å². The van der Waals surface area contributed by atoms with E-state index in [1.807, 2.05) is 6.61 Å². The van der Waals surface area contributed by atoms with Crippen LogP contribution in [0.25, 0.3) is 0 Å². The largest absolute Gasteiger partial charge is 0.437 e. The molecule has 0 aromatic heterocycles. The Morgan fingerprint density at radius 2 is 1.33 bits per heavy atom. The number of ether oxygens (including phenoxy) is 4. The zero-order chi connectivity index (χ0) is 20.0. The maximum Gasteiger partial charge on any atom is 0.311 e. The second-order valence-electron chi connectivity index (χ2n) is 9.25. The van der Waals surface area contributed by atoms with Crippen molar-refractivity contribution in [1.29, 1.82) is 0 Å². The average molecular weight is 436 g/mol. The molecule has 2 unspecified atom stereocenters. The minimum Gasteiger partial charge on any atom is -0.437 e. The van der Waals surface area contributed by atoms with E-state index < -0.39 is 25.2 Å². The van der Waals surface area contributed by atoms with Crippen molar-refractivity contribution in [3.63, 3.8) is 0 Å². The standard InChI is InChI=1S/C18H39O6Si3/c1-25(2,11-7-9-19-13-17-15-21-17)23-27(5,6)24-26(3,4)12-8-10-20-14-18-16-22-18/h15,17-18H,7-14,16H2,1-6H3/q+1. The van der Waals surface area contributed by atoms with Crippen LogP contribution in [0.3, 0.4) is 0 Å². The highest BCUT2D eigenvalue weighted by atomic mass is 28.5. The molecule has 0 spiro atoms. The quantitative estimate of drug-likeness (QED) is 0.159. The highest BCUT2D eigenvalue weighted by Gasteiger charge is 2.40. The molecule has 0 radical (unpaired) electrons. The minimum atomic E-state index is -2.13. The van der Waals surface area contributed by atoms with E-state index in [0.717, 1.165) is 51.4 Å². The van der Waals surface area contributed by atoms with Gasteiger partial charge >= 0.3 is 8.56 Å². The summed E-state index contributed by atoms with van der Waals surface area (Å²) in [5.41, 5.74) is 0.